The molecule has 0 unspecified atom stereocenters. The number of nitrogens with zero attached hydrogens (tertiary/aromatic N) is 2. The summed E-state index contributed by atoms with van der Waals surface area (Å²) in [7, 11) is -2.86. The Bertz CT molecular complexity index is 542. The molecule has 1 fully saturated rings. The molecule has 1 aromatic rings. The van der Waals surface area contributed by atoms with Gasteiger partial charge >= 0.3 is 0 Å². The Labute approximate surface area is 111 Å². The second-order valence-corrected chi connectivity index (χ2v) is 6.74. The molecule has 1 saturated heterocycles. The molecule has 3 N–H and O–H groups in total. The average molecular weight is 284 g/mol. The predicted octanol–water partition coefficient (Wildman–Crippen LogP) is -1.08. The summed E-state index contributed by atoms with van der Waals surface area (Å²) in [6.07, 6.45) is 1.46. The highest BCUT2D eigenvalue weighted by Gasteiger charge is 2.21. The molecule has 0 bridgehead atoms. The zero-order valence-corrected chi connectivity index (χ0v) is 11.2. The van der Waals surface area contributed by atoms with Crippen molar-refractivity contribution in [1.29, 1.82) is 0 Å². The lowest BCUT2D eigenvalue weighted by molar-refractivity contribution is 0.0953. The Balaban J connectivity index is 1.95. The van der Waals surface area contributed by atoms with Crippen LogP contribution >= 0.6 is 0 Å². The molecular formula is C11H16N4O3S. The van der Waals surface area contributed by atoms with Crippen LogP contribution in [0.1, 0.15) is 16.1 Å². The first kappa shape index (κ1) is 13.9. The van der Waals surface area contributed by atoms with Gasteiger partial charge in [-0.1, -0.05) is 0 Å². The van der Waals surface area contributed by atoms with Gasteiger partial charge < -0.3 is 0 Å². The lowest BCUT2D eigenvalue weighted by Gasteiger charge is -2.25. The van der Waals surface area contributed by atoms with Crippen LogP contribution in [-0.2, 0) is 16.4 Å². The fraction of sp³-hybridized carbons (Fsp3) is 0.455. The first-order valence-corrected chi connectivity index (χ1v) is 7.71. The molecule has 104 valence electrons. The third kappa shape index (κ3) is 3.72. The van der Waals surface area contributed by atoms with E-state index in [-0.39, 0.29) is 17.4 Å². The summed E-state index contributed by atoms with van der Waals surface area (Å²) in [6, 6.07) is 3.39. The van der Waals surface area contributed by atoms with Crippen molar-refractivity contribution >= 4 is 15.7 Å². The summed E-state index contributed by atoms with van der Waals surface area (Å²) in [5.41, 5.74) is 3.23. The second-order valence-electron chi connectivity index (χ2n) is 4.44. The minimum absolute atomic E-state index is 0.195. The molecule has 0 aliphatic carbocycles. The highest BCUT2D eigenvalue weighted by Crippen LogP contribution is 2.08. The van der Waals surface area contributed by atoms with Crippen molar-refractivity contribution in [2.75, 3.05) is 24.6 Å². The predicted molar refractivity (Wildman–Crippen MR) is 69.8 cm³/mol. The maximum absolute atomic E-state index is 11.3. The van der Waals surface area contributed by atoms with Crippen molar-refractivity contribution in [1.82, 2.24) is 15.3 Å². The van der Waals surface area contributed by atoms with Gasteiger partial charge in [0.05, 0.1) is 22.8 Å². The van der Waals surface area contributed by atoms with Crippen LogP contribution in [-0.4, -0.2) is 48.8 Å². The van der Waals surface area contributed by atoms with Crippen LogP contribution in [0.4, 0.5) is 0 Å². The first-order chi connectivity index (χ1) is 9.00. The van der Waals surface area contributed by atoms with E-state index in [1.165, 1.54) is 6.20 Å². The number of sulfone groups is 1. The molecule has 2 rings (SSSR count). The summed E-state index contributed by atoms with van der Waals surface area (Å²) < 4.78 is 22.6. The standard InChI is InChI=1S/C11H16N4O3S/c12-14-11(16)9-1-2-10(13-7-9)8-15-3-5-19(17,18)6-4-15/h1-2,7H,3-6,8,12H2,(H,14,16). The van der Waals surface area contributed by atoms with E-state index in [2.05, 4.69) is 4.98 Å². The third-order valence-corrected chi connectivity index (χ3v) is 4.65. The van der Waals surface area contributed by atoms with Crippen LogP contribution in [0, 0.1) is 0 Å². The van der Waals surface area contributed by atoms with Crippen LogP contribution in [0.5, 0.6) is 0 Å². The molecule has 0 atom stereocenters. The van der Waals surface area contributed by atoms with E-state index in [1.807, 2.05) is 10.3 Å². The zero-order chi connectivity index (χ0) is 13.9. The molecule has 8 heteroatoms. The molecule has 0 radical (unpaired) electrons. The number of rotatable bonds is 3. The molecule has 0 saturated carbocycles. The van der Waals surface area contributed by atoms with Crippen LogP contribution in [0.15, 0.2) is 18.3 Å². The summed E-state index contributed by atoms with van der Waals surface area (Å²) in [5, 5.41) is 0. The number of amides is 1. The fourth-order valence-corrected chi connectivity index (χ4v) is 3.15. The van der Waals surface area contributed by atoms with Gasteiger partial charge in [0.2, 0.25) is 0 Å². The molecule has 2 heterocycles. The Morgan fingerprint density at radius 3 is 2.58 bits per heavy atom. The summed E-state index contributed by atoms with van der Waals surface area (Å²) in [6.45, 7) is 1.63. The topological polar surface area (TPSA) is 105 Å². The van der Waals surface area contributed by atoms with Gasteiger partial charge in [0, 0.05) is 25.8 Å². The Morgan fingerprint density at radius 2 is 2.05 bits per heavy atom. The second kappa shape index (κ2) is 5.64. The van der Waals surface area contributed by atoms with E-state index in [4.69, 9.17) is 5.84 Å². The molecule has 0 spiro atoms. The fourth-order valence-electron chi connectivity index (χ4n) is 1.87. The van der Waals surface area contributed by atoms with Crippen LogP contribution in [0.25, 0.3) is 0 Å². The number of hydrogen-bond donors (Lipinski definition) is 2. The van der Waals surface area contributed by atoms with E-state index >= 15 is 0 Å². The van der Waals surface area contributed by atoms with Crippen molar-refractivity contribution in [3.63, 3.8) is 0 Å². The highest BCUT2D eigenvalue weighted by atomic mass is 32.2. The third-order valence-electron chi connectivity index (χ3n) is 3.04. The van der Waals surface area contributed by atoms with Gasteiger partial charge in [-0.2, -0.15) is 0 Å². The molecule has 1 aliphatic heterocycles. The van der Waals surface area contributed by atoms with Gasteiger partial charge in [0.15, 0.2) is 9.84 Å². The Morgan fingerprint density at radius 1 is 1.37 bits per heavy atom. The number of hydrogen-bond acceptors (Lipinski definition) is 6. The van der Waals surface area contributed by atoms with Gasteiger partial charge in [-0.3, -0.25) is 20.1 Å². The van der Waals surface area contributed by atoms with Crippen molar-refractivity contribution < 1.29 is 13.2 Å². The SMILES string of the molecule is NNC(=O)c1ccc(CN2CCS(=O)(=O)CC2)nc1. The van der Waals surface area contributed by atoms with Crippen LogP contribution in [0.3, 0.4) is 0 Å². The number of nitrogen functional groups attached to an aromatic ring is 1. The monoisotopic (exact) mass is 284 g/mol. The lowest BCUT2D eigenvalue weighted by atomic mass is 10.2. The number of hydrazine groups is 1. The largest absolute Gasteiger partial charge is 0.295 e. The minimum atomic E-state index is -2.86. The van der Waals surface area contributed by atoms with Gasteiger partial charge in [-0.25, -0.2) is 14.3 Å². The highest BCUT2D eigenvalue weighted by molar-refractivity contribution is 7.91. The molecule has 0 aromatic carbocycles. The molecule has 1 amide bonds. The van der Waals surface area contributed by atoms with E-state index in [0.29, 0.717) is 25.2 Å². The van der Waals surface area contributed by atoms with E-state index in [0.717, 1.165) is 5.69 Å². The minimum Gasteiger partial charge on any atom is -0.295 e. The van der Waals surface area contributed by atoms with E-state index in [1.54, 1.807) is 12.1 Å². The van der Waals surface area contributed by atoms with Crippen molar-refractivity contribution in [3.05, 3.63) is 29.6 Å². The number of carbonyl (C=O) groups is 1. The molecule has 1 aromatic heterocycles. The quantitative estimate of drug-likeness (QED) is 0.415. The first-order valence-electron chi connectivity index (χ1n) is 5.89. The molecule has 1 aliphatic rings. The number of pyridine rings is 1. The van der Waals surface area contributed by atoms with Crippen LogP contribution in [0.2, 0.25) is 0 Å². The van der Waals surface area contributed by atoms with Crippen molar-refractivity contribution in [2.24, 2.45) is 5.84 Å². The zero-order valence-electron chi connectivity index (χ0n) is 10.4. The summed E-state index contributed by atoms with van der Waals surface area (Å²) >= 11 is 0. The summed E-state index contributed by atoms with van der Waals surface area (Å²) in [5.74, 6) is 5.03. The maximum atomic E-state index is 11.3. The number of nitrogens with one attached hydrogen (secondary N) is 1. The van der Waals surface area contributed by atoms with Crippen molar-refractivity contribution in [3.8, 4) is 0 Å². The Kier molecular flexibility index (Phi) is 4.13. The maximum Gasteiger partial charge on any atom is 0.266 e. The van der Waals surface area contributed by atoms with Crippen LogP contribution < -0.4 is 11.3 Å². The Hall–Kier alpha value is -1.51. The normalized spacial score (nSPS) is 19.0. The molecule has 7 nitrogen and oxygen atoms in total. The van der Waals surface area contributed by atoms with E-state index in [9.17, 15) is 13.2 Å². The molecule has 19 heavy (non-hydrogen) atoms. The van der Waals surface area contributed by atoms with Gasteiger partial charge in [0.1, 0.15) is 0 Å². The number of carbonyl (C=O) groups excluding carboxylic acids is 1. The smallest absolute Gasteiger partial charge is 0.266 e. The van der Waals surface area contributed by atoms with E-state index < -0.39 is 9.84 Å². The van der Waals surface area contributed by atoms with Gasteiger partial charge in [0.25, 0.3) is 5.91 Å². The van der Waals surface area contributed by atoms with Crippen molar-refractivity contribution in [2.45, 2.75) is 6.54 Å². The number of aromatic nitrogens is 1. The van der Waals surface area contributed by atoms with Gasteiger partial charge in [-0.05, 0) is 12.1 Å². The lowest BCUT2D eigenvalue weighted by Crippen LogP contribution is -2.39. The average Bonchev–Trinajstić information content (AvgIpc) is 2.41. The number of nitrogens with two attached hydrogens (primary N) is 1. The summed E-state index contributed by atoms with van der Waals surface area (Å²) in [4.78, 5) is 17.4. The molecular weight excluding hydrogens is 268 g/mol. The van der Waals surface area contributed by atoms with Gasteiger partial charge in [-0.15, -0.1) is 0 Å².